The molecule has 1 aromatic rings. The van der Waals surface area contributed by atoms with Gasteiger partial charge in [0, 0.05) is 5.69 Å². The molecule has 3 heteroatoms. The van der Waals surface area contributed by atoms with Gasteiger partial charge in [0.15, 0.2) is 0 Å². The zero-order valence-electron chi connectivity index (χ0n) is 12.9. The quantitative estimate of drug-likeness (QED) is 0.910. The Morgan fingerprint density at radius 2 is 1.95 bits per heavy atom. The van der Waals surface area contributed by atoms with Crippen molar-refractivity contribution in [1.82, 2.24) is 4.90 Å². The SMILES string of the molecule is Cc1cccc(C(C)C)c1NC(=O)CN1CCCCC1. The number of hydrogen-bond donors (Lipinski definition) is 1. The summed E-state index contributed by atoms with van der Waals surface area (Å²) in [6.45, 7) is 9.01. The van der Waals surface area contributed by atoms with Crippen LogP contribution in [0.2, 0.25) is 0 Å². The molecule has 1 heterocycles. The van der Waals surface area contributed by atoms with E-state index in [2.05, 4.69) is 49.2 Å². The molecule has 1 amide bonds. The number of carbonyl (C=O) groups excluding carboxylic acids is 1. The van der Waals surface area contributed by atoms with Gasteiger partial charge in [0.1, 0.15) is 0 Å². The van der Waals surface area contributed by atoms with Crippen LogP contribution in [0, 0.1) is 6.92 Å². The van der Waals surface area contributed by atoms with Gasteiger partial charge in [-0.25, -0.2) is 0 Å². The Labute approximate surface area is 122 Å². The Morgan fingerprint density at radius 3 is 2.60 bits per heavy atom. The lowest BCUT2D eigenvalue weighted by atomic mass is 9.98. The fraction of sp³-hybridized carbons (Fsp3) is 0.588. The molecule has 1 aliphatic heterocycles. The topological polar surface area (TPSA) is 32.3 Å². The summed E-state index contributed by atoms with van der Waals surface area (Å²) in [5.74, 6) is 0.531. The van der Waals surface area contributed by atoms with Crippen molar-refractivity contribution in [3.63, 3.8) is 0 Å². The monoisotopic (exact) mass is 274 g/mol. The van der Waals surface area contributed by atoms with E-state index in [0.29, 0.717) is 12.5 Å². The van der Waals surface area contributed by atoms with E-state index in [1.807, 2.05) is 0 Å². The van der Waals surface area contributed by atoms with E-state index in [1.54, 1.807) is 0 Å². The molecule has 0 aromatic heterocycles. The summed E-state index contributed by atoms with van der Waals surface area (Å²) in [6, 6.07) is 6.22. The van der Waals surface area contributed by atoms with E-state index >= 15 is 0 Å². The number of para-hydroxylation sites is 1. The molecule has 0 spiro atoms. The molecule has 1 aromatic carbocycles. The van der Waals surface area contributed by atoms with Crippen LogP contribution in [0.15, 0.2) is 18.2 Å². The van der Waals surface area contributed by atoms with Crippen molar-refractivity contribution in [2.75, 3.05) is 25.0 Å². The van der Waals surface area contributed by atoms with E-state index in [1.165, 1.54) is 24.8 Å². The predicted molar refractivity (Wildman–Crippen MR) is 84.2 cm³/mol. The first kappa shape index (κ1) is 15.0. The van der Waals surface area contributed by atoms with Crippen molar-refractivity contribution in [1.29, 1.82) is 0 Å². The minimum Gasteiger partial charge on any atom is -0.324 e. The molecule has 0 aliphatic carbocycles. The summed E-state index contributed by atoms with van der Waals surface area (Å²) in [6.07, 6.45) is 3.73. The molecule has 0 unspecified atom stereocenters. The smallest absolute Gasteiger partial charge is 0.238 e. The average molecular weight is 274 g/mol. The first-order valence-corrected chi connectivity index (χ1v) is 7.69. The number of piperidine rings is 1. The van der Waals surface area contributed by atoms with Gasteiger partial charge in [0.2, 0.25) is 5.91 Å². The van der Waals surface area contributed by atoms with Crippen LogP contribution < -0.4 is 5.32 Å². The van der Waals surface area contributed by atoms with Crippen LogP contribution >= 0.6 is 0 Å². The molecule has 1 aliphatic rings. The second-order valence-corrected chi connectivity index (χ2v) is 6.08. The molecule has 3 nitrogen and oxygen atoms in total. The maximum Gasteiger partial charge on any atom is 0.238 e. The van der Waals surface area contributed by atoms with Crippen LogP contribution in [0.1, 0.15) is 50.2 Å². The zero-order valence-corrected chi connectivity index (χ0v) is 12.9. The van der Waals surface area contributed by atoms with E-state index in [0.717, 1.165) is 24.3 Å². The molecular formula is C17H26N2O. The summed E-state index contributed by atoms with van der Waals surface area (Å²) in [4.78, 5) is 14.5. The van der Waals surface area contributed by atoms with Crippen molar-refractivity contribution >= 4 is 11.6 Å². The largest absolute Gasteiger partial charge is 0.324 e. The lowest BCUT2D eigenvalue weighted by Gasteiger charge is -2.26. The molecule has 0 saturated carbocycles. The third kappa shape index (κ3) is 3.83. The number of nitrogens with one attached hydrogen (secondary N) is 1. The van der Waals surface area contributed by atoms with Gasteiger partial charge in [-0.05, 0) is 49.9 Å². The van der Waals surface area contributed by atoms with Gasteiger partial charge < -0.3 is 5.32 Å². The molecular weight excluding hydrogens is 248 g/mol. The van der Waals surface area contributed by atoms with E-state index < -0.39 is 0 Å². The third-order valence-electron chi connectivity index (χ3n) is 4.01. The molecule has 0 atom stereocenters. The molecule has 1 N–H and O–H groups in total. The minimum absolute atomic E-state index is 0.114. The van der Waals surface area contributed by atoms with Crippen LogP contribution in [0.3, 0.4) is 0 Å². The number of rotatable bonds is 4. The molecule has 110 valence electrons. The standard InChI is InChI=1S/C17H26N2O/c1-13(2)15-9-7-8-14(3)17(15)18-16(20)12-19-10-5-4-6-11-19/h7-9,13H,4-6,10-12H2,1-3H3,(H,18,20). The Morgan fingerprint density at radius 1 is 1.25 bits per heavy atom. The number of likely N-dealkylation sites (tertiary alicyclic amines) is 1. The second-order valence-electron chi connectivity index (χ2n) is 6.08. The zero-order chi connectivity index (χ0) is 14.5. The predicted octanol–water partition coefficient (Wildman–Crippen LogP) is 3.54. The van der Waals surface area contributed by atoms with Crippen molar-refractivity contribution in [2.24, 2.45) is 0 Å². The number of benzene rings is 1. The molecule has 0 bridgehead atoms. The maximum atomic E-state index is 12.3. The number of anilines is 1. The highest BCUT2D eigenvalue weighted by Crippen LogP contribution is 2.27. The number of amides is 1. The highest BCUT2D eigenvalue weighted by Gasteiger charge is 2.16. The highest BCUT2D eigenvalue weighted by molar-refractivity contribution is 5.93. The van der Waals surface area contributed by atoms with Crippen molar-refractivity contribution < 1.29 is 4.79 Å². The number of hydrogen-bond acceptors (Lipinski definition) is 2. The minimum atomic E-state index is 0.114. The van der Waals surface area contributed by atoms with Crippen LogP contribution in [0.5, 0.6) is 0 Å². The van der Waals surface area contributed by atoms with Crippen LogP contribution in [0.25, 0.3) is 0 Å². The Bertz CT molecular complexity index is 462. The lowest BCUT2D eigenvalue weighted by molar-refractivity contribution is -0.117. The lowest BCUT2D eigenvalue weighted by Crippen LogP contribution is -2.37. The summed E-state index contributed by atoms with van der Waals surface area (Å²) >= 11 is 0. The Kier molecular flexibility index (Phi) is 5.18. The summed E-state index contributed by atoms with van der Waals surface area (Å²) in [7, 11) is 0. The number of nitrogens with zero attached hydrogens (tertiary/aromatic N) is 1. The summed E-state index contributed by atoms with van der Waals surface area (Å²) < 4.78 is 0. The Balaban J connectivity index is 2.03. The molecule has 20 heavy (non-hydrogen) atoms. The van der Waals surface area contributed by atoms with Gasteiger partial charge in [0.05, 0.1) is 6.54 Å². The van der Waals surface area contributed by atoms with Gasteiger partial charge >= 0.3 is 0 Å². The molecule has 0 radical (unpaired) electrons. The summed E-state index contributed by atoms with van der Waals surface area (Å²) in [5.41, 5.74) is 3.37. The van der Waals surface area contributed by atoms with Gasteiger partial charge in [-0.3, -0.25) is 9.69 Å². The van der Waals surface area contributed by atoms with E-state index in [-0.39, 0.29) is 5.91 Å². The fourth-order valence-electron chi connectivity index (χ4n) is 2.84. The highest BCUT2D eigenvalue weighted by atomic mass is 16.2. The van der Waals surface area contributed by atoms with E-state index in [4.69, 9.17) is 0 Å². The van der Waals surface area contributed by atoms with Gasteiger partial charge in [-0.15, -0.1) is 0 Å². The first-order chi connectivity index (χ1) is 9.58. The molecule has 1 saturated heterocycles. The summed E-state index contributed by atoms with van der Waals surface area (Å²) in [5, 5.41) is 3.13. The second kappa shape index (κ2) is 6.89. The first-order valence-electron chi connectivity index (χ1n) is 7.69. The Hall–Kier alpha value is -1.35. The molecule has 1 fully saturated rings. The van der Waals surface area contributed by atoms with Crippen LogP contribution in [-0.4, -0.2) is 30.4 Å². The number of aryl methyl sites for hydroxylation is 1. The van der Waals surface area contributed by atoms with Gasteiger partial charge in [-0.1, -0.05) is 38.5 Å². The number of carbonyl (C=O) groups is 1. The fourth-order valence-corrected chi connectivity index (χ4v) is 2.84. The van der Waals surface area contributed by atoms with Gasteiger partial charge in [-0.2, -0.15) is 0 Å². The van der Waals surface area contributed by atoms with Crippen LogP contribution in [-0.2, 0) is 4.79 Å². The van der Waals surface area contributed by atoms with E-state index in [9.17, 15) is 4.79 Å². The van der Waals surface area contributed by atoms with Crippen LogP contribution in [0.4, 0.5) is 5.69 Å². The normalized spacial score (nSPS) is 16.4. The van der Waals surface area contributed by atoms with Crippen molar-refractivity contribution in [2.45, 2.75) is 46.0 Å². The van der Waals surface area contributed by atoms with Gasteiger partial charge in [0.25, 0.3) is 0 Å². The average Bonchev–Trinajstić information content (AvgIpc) is 2.42. The third-order valence-corrected chi connectivity index (χ3v) is 4.01. The van der Waals surface area contributed by atoms with Crippen molar-refractivity contribution in [3.05, 3.63) is 29.3 Å². The molecule has 2 rings (SSSR count). The van der Waals surface area contributed by atoms with Crippen molar-refractivity contribution in [3.8, 4) is 0 Å². The maximum absolute atomic E-state index is 12.3.